The van der Waals surface area contributed by atoms with E-state index in [1.54, 1.807) is 37.3 Å². The molecule has 1 aromatic heterocycles. The molecule has 2 aromatic carbocycles. The van der Waals surface area contributed by atoms with Crippen molar-refractivity contribution >= 4 is 28.5 Å². The minimum Gasteiger partial charge on any atom is -0.465 e. The molecule has 0 fully saturated rings. The van der Waals surface area contributed by atoms with Crippen LogP contribution >= 0.6 is 0 Å². The Labute approximate surface area is 149 Å². The zero-order valence-electron chi connectivity index (χ0n) is 14.6. The van der Waals surface area contributed by atoms with Crippen molar-refractivity contribution in [3.8, 4) is 0 Å². The molecule has 3 aromatic rings. The lowest BCUT2D eigenvalue weighted by molar-refractivity contribution is 0.0600. The predicted molar refractivity (Wildman–Crippen MR) is 97.7 cm³/mol. The molecule has 1 amide bonds. The summed E-state index contributed by atoms with van der Waals surface area (Å²) in [7, 11) is 1.28. The van der Waals surface area contributed by atoms with Crippen LogP contribution in [-0.4, -0.2) is 19.0 Å². The van der Waals surface area contributed by atoms with Gasteiger partial charge < -0.3 is 14.5 Å². The first kappa shape index (κ1) is 17.4. The number of hydrogen-bond acceptors (Lipinski definition) is 5. The smallest absolute Gasteiger partial charge is 0.337 e. The average molecular weight is 351 g/mol. The number of nitrogens with one attached hydrogen (secondary N) is 1. The van der Waals surface area contributed by atoms with Gasteiger partial charge in [0.2, 0.25) is 0 Å². The van der Waals surface area contributed by atoms with Crippen molar-refractivity contribution in [2.75, 3.05) is 12.4 Å². The lowest BCUT2D eigenvalue weighted by Crippen LogP contribution is -2.16. The number of amides is 1. The minimum absolute atomic E-state index is 0.103. The van der Waals surface area contributed by atoms with Crippen LogP contribution < -0.4 is 10.7 Å². The monoisotopic (exact) mass is 351 g/mol. The van der Waals surface area contributed by atoms with Crippen LogP contribution in [0.5, 0.6) is 0 Å². The molecule has 6 heteroatoms. The largest absolute Gasteiger partial charge is 0.465 e. The van der Waals surface area contributed by atoms with E-state index < -0.39 is 11.9 Å². The number of anilines is 1. The summed E-state index contributed by atoms with van der Waals surface area (Å²) in [5, 5.41) is 3.09. The van der Waals surface area contributed by atoms with Gasteiger partial charge in [0.1, 0.15) is 5.58 Å². The number of rotatable bonds is 3. The number of aryl methyl sites for hydroxylation is 2. The Morgan fingerprint density at radius 1 is 1.04 bits per heavy atom. The topological polar surface area (TPSA) is 85.6 Å². The molecule has 26 heavy (non-hydrogen) atoms. The molecule has 0 bridgehead atoms. The zero-order valence-corrected chi connectivity index (χ0v) is 14.6. The fraction of sp³-hybridized carbons (Fsp3) is 0.150. The number of methoxy groups -OCH3 is 1. The molecule has 0 spiro atoms. The van der Waals surface area contributed by atoms with Gasteiger partial charge in [-0.2, -0.15) is 0 Å². The SMILES string of the molecule is COC(=O)c1ccc(C)c(NC(=O)c2cc(=O)c3cc(C)ccc3o2)c1. The highest BCUT2D eigenvalue weighted by Crippen LogP contribution is 2.20. The number of carbonyl (C=O) groups excluding carboxylic acids is 2. The third-order valence-corrected chi connectivity index (χ3v) is 4.01. The van der Waals surface area contributed by atoms with E-state index in [9.17, 15) is 14.4 Å². The van der Waals surface area contributed by atoms with Gasteiger partial charge in [-0.05, 0) is 43.7 Å². The molecule has 0 radical (unpaired) electrons. The highest BCUT2D eigenvalue weighted by molar-refractivity contribution is 6.04. The number of ether oxygens (including phenoxy) is 1. The van der Waals surface area contributed by atoms with Gasteiger partial charge in [0.15, 0.2) is 11.2 Å². The maximum atomic E-state index is 12.5. The molecule has 1 heterocycles. The van der Waals surface area contributed by atoms with Crippen molar-refractivity contribution < 1.29 is 18.7 Å². The van der Waals surface area contributed by atoms with Gasteiger partial charge in [-0.1, -0.05) is 17.7 Å². The Morgan fingerprint density at radius 2 is 1.81 bits per heavy atom. The first-order valence-corrected chi connectivity index (χ1v) is 7.94. The summed E-state index contributed by atoms with van der Waals surface area (Å²) >= 11 is 0. The fourth-order valence-electron chi connectivity index (χ4n) is 2.57. The molecular formula is C20H17NO5. The second-order valence-electron chi connectivity index (χ2n) is 5.95. The second kappa shape index (κ2) is 6.84. The van der Waals surface area contributed by atoms with Gasteiger partial charge in [-0.15, -0.1) is 0 Å². The lowest BCUT2D eigenvalue weighted by Gasteiger charge is -2.10. The molecule has 0 aliphatic heterocycles. The number of hydrogen-bond donors (Lipinski definition) is 1. The van der Waals surface area contributed by atoms with E-state index in [1.165, 1.54) is 13.2 Å². The van der Waals surface area contributed by atoms with E-state index in [4.69, 9.17) is 4.42 Å². The Bertz CT molecular complexity index is 1080. The Balaban J connectivity index is 1.96. The molecule has 132 valence electrons. The Morgan fingerprint density at radius 3 is 2.54 bits per heavy atom. The van der Waals surface area contributed by atoms with Crippen LogP contribution in [0.1, 0.15) is 32.0 Å². The van der Waals surface area contributed by atoms with Crippen LogP contribution in [0.15, 0.2) is 51.7 Å². The van der Waals surface area contributed by atoms with Crippen molar-refractivity contribution in [2.45, 2.75) is 13.8 Å². The van der Waals surface area contributed by atoms with Crippen LogP contribution in [0.4, 0.5) is 5.69 Å². The van der Waals surface area contributed by atoms with E-state index >= 15 is 0 Å². The average Bonchev–Trinajstić information content (AvgIpc) is 2.63. The molecule has 0 aliphatic carbocycles. The molecule has 0 atom stereocenters. The van der Waals surface area contributed by atoms with Crippen LogP contribution in [0, 0.1) is 13.8 Å². The third kappa shape index (κ3) is 3.35. The second-order valence-corrected chi connectivity index (χ2v) is 5.95. The van der Waals surface area contributed by atoms with Crippen molar-refractivity contribution in [1.82, 2.24) is 0 Å². The van der Waals surface area contributed by atoms with Crippen molar-refractivity contribution in [1.29, 1.82) is 0 Å². The third-order valence-electron chi connectivity index (χ3n) is 4.01. The predicted octanol–water partition coefficient (Wildman–Crippen LogP) is 3.45. The quantitative estimate of drug-likeness (QED) is 0.731. The summed E-state index contributed by atoms with van der Waals surface area (Å²) in [6.45, 7) is 3.66. The van der Waals surface area contributed by atoms with Gasteiger partial charge in [0.25, 0.3) is 5.91 Å². The highest BCUT2D eigenvalue weighted by Gasteiger charge is 2.15. The molecular weight excluding hydrogens is 334 g/mol. The van der Waals surface area contributed by atoms with Gasteiger partial charge in [0, 0.05) is 11.8 Å². The van der Waals surface area contributed by atoms with E-state index in [0.717, 1.165) is 17.2 Å². The maximum absolute atomic E-state index is 12.5. The fourth-order valence-corrected chi connectivity index (χ4v) is 2.57. The van der Waals surface area contributed by atoms with Crippen LogP contribution in [0.3, 0.4) is 0 Å². The number of esters is 1. The molecule has 0 unspecified atom stereocenters. The molecule has 0 saturated carbocycles. The Hall–Kier alpha value is -3.41. The van der Waals surface area contributed by atoms with Gasteiger partial charge in [-0.3, -0.25) is 9.59 Å². The molecule has 0 aliphatic rings. The normalized spacial score (nSPS) is 10.6. The van der Waals surface area contributed by atoms with Gasteiger partial charge >= 0.3 is 5.97 Å². The number of carbonyl (C=O) groups is 2. The van der Waals surface area contributed by atoms with Crippen molar-refractivity contribution in [2.24, 2.45) is 0 Å². The summed E-state index contributed by atoms with van der Waals surface area (Å²) in [6, 6.07) is 11.2. The minimum atomic E-state index is -0.574. The standard InChI is InChI=1S/C20H17NO5/c1-11-4-7-17-14(8-11)16(22)10-18(26-17)19(23)21-15-9-13(20(24)25-3)6-5-12(15)2/h4-10H,1-3H3,(H,21,23). The van der Waals surface area contributed by atoms with Crippen LogP contribution in [-0.2, 0) is 4.74 Å². The number of benzene rings is 2. The maximum Gasteiger partial charge on any atom is 0.337 e. The van der Waals surface area contributed by atoms with E-state index in [2.05, 4.69) is 10.1 Å². The Kier molecular flexibility index (Phi) is 4.58. The van der Waals surface area contributed by atoms with Crippen molar-refractivity contribution in [3.63, 3.8) is 0 Å². The van der Waals surface area contributed by atoms with Crippen LogP contribution in [0.25, 0.3) is 11.0 Å². The molecule has 3 rings (SSSR count). The lowest BCUT2D eigenvalue weighted by atomic mass is 10.1. The first-order valence-electron chi connectivity index (χ1n) is 7.94. The van der Waals surface area contributed by atoms with E-state index in [1.807, 2.05) is 6.92 Å². The number of fused-ring (bicyclic) bond motifs is 1. The molecule has 1 N–H and O–H groups in total. The van der Waals surface area contributed by atoms with Crippen molar-refractivity contribution in [3.05, 3.63) is 75.1 Å². The van der Waals surface area contributed by atoms with E-state index in [-0.39, 0.29) is 11.2 Å². The summed E-state index contributed by atoms with van der Waals surface area (Å²) in [5.41, 5.74) is 2.48. The molecule has 6 nitrogen and oxygen atoms in total. The van der Waals surface area contributed by atoms with Gasteiger partial charge in [0.05, 0.1) is 18.1 Å². The zero-order chi connectivity index (χ0) is 18.8. The summed E-state index contributed by atoms with van der Waals surface area (Å²) < 4.78 is 10.2. The first-order chi connectivity index (χ1) is 12.4. The van der Waals surface area contributed by atoms with E-state index in [0.29, 0.717) is 22.2 Å². The van der Waals surface area contributed by atoms with Crippen LogP contribution in [0.2, 0.25) is 0 Å². The summed E-state index contributed by atoms with van der Waals surface area (Å²) in [5.74, 6) is -1.18. The highest BCUT2D eigenvalue weighted by atomic mass is 16.5. The summed E-state index contributed by atoms with van der Waals surface area (Å²) in [6.07, 6.45) is 0. The van der Waals surface area contributed by atoms with Gasteiger partial charge in [-0.25, -0.2) is 4.79 Å². The molecule has 0 saturated heterocycles. The summed E-state index contributed by atoms with van der Waals surface area (Å²) in [4.78, 5) is 36.4.